The van der Waals surface area contributed by atoms with Crippen molar-refractivity contribution in [1.82, 2.24) is 9.55 Å². The summed E-state index contributed by atoms with van der Waals surface area (Å²) in [5.41, 5.74) is -0.232. The number of hydrogen-bond acceptors (Lipinski definition) is 4. The fourth-order valence-electron chi connectivity index (χ4n) is 2.14. The van der Waals surface area contributed by atoms with E-state index in [-0.39, 0.29) is 16.5 Å². The molecule has 1 fully saturated rings. The zero-order chi connectivity index (χ0) is 13.0. The van der Waals surface area contributed by atoms with Crippen molar-refractivity contribution in [3.05, 3.63) is 21.8 Å². The molecule has 1 aromatic rings. The van der Waals surface area contributed by atoms with Crippen molar-refractivity contribution in [2.24, 2.45) is 0 Å². The molecule has 0 bridgehead atoms. The SMILES string of the molecule is COc1c(Cl)ncn(CCCC2CCCO2)c1=O. The van der Waals surface area contributed by atoms with E-state index >= 15 is 0 Å². The highest BCUT2D eigenvalue weighted by Gasteiger charge is 2.15. The molecule has 1 aromatic heterocycles. The van der Waals surface area contributed by atoms with Crippen LogP contribution in [0.25, 0.3) is 0 Å². The van der Waals surface area contributed by atoms with E-state index in [1.165, 1.54) is 18.0 Å². The standard InChI is InChI=1S/C12H17ClN2O3/c1-17-10-11(13)14-8-15(12(10)16)6-2-4-9-5-3-7-18-9/h8-9H,2-7H2,1H3. The zero-order valence-corrected chi connectivity index (χ0v) is 11.2. The van der Waals surface area contributed by atoms with Gasteiger partial charge >= 0.3 is 0 Å². The van der Waals surface area contributed by atoms with Crippen LogP contribution in [0.5, 0.6) is 5.75 Å². The van der Waals surface area contributed by atoms with Gasteiger partial charge in [0.05, 0.1) is 19.5 Å². The van der Waals surface area contributed by atoms with Crippen molar-refractivity contribution in [3.63, 3.8) is 0 Å². The van der Waals surface area contributed by atoms with Gasteiger partial charge in [0, 0.05) is 13.2 Å². The fraction of sp³-hybridized carbons (Fsp3) is 0.667. The van der Waals surface area contributed by atoms with Crippen molar-refractivity contribution in [1.29, 1.82) is 0 Å². The van der Waals surface area contributed by atoms with Crippen LogP contribution >= 0.6 is 11.6 Å². The van der Waals surface area contributed by atoms with Crippen LogP contribution in [0, 0.1) is 0 Å². The van der Waals surface area contributed by atoms with Crippen LogP contribution in [0.15, 0.2) is 11.1 Å². The first kappa shape index (κ1) is 13.4. The zero-order valence-electron chi connectivity index (χ0n) is 10.4. The second kappa shape index (κ2) is 6.20. The summed E-state index contributed by atoms with van der Waals surface area (Å²) in [4.78, 5) is 15.9. The molecular weight excluding hydrogens is 256 g/mol. The Morgan fingerprint density at radius 3 is 3.17 bits per heavy atom. The first-order valence-corrected chi connectivity index (χ1v) is 6.50. The van der Waals surface area contributed by atoms with E-state index in [2.05, 4.69) is 4.98 Å². The molecule has 0 N–H and O–H groups in total. The lowest BCUT2D eigenvalue weighted by molar-refractivity contribution is 0.101. The average molecular weight is 273 g/mol. The van der Waals surface area contributed by atoms with Crippen LogP contribution in [-0.2, 0) is 11.3 Å². The number of aryl methyl sites for hydroxylation is 1. The van der Waals surface area contributed by atoms with Gasteiger partial charge < -0.3 is 9.47 Å². The van der Waals surface area contributed by atoms with Gasteiger partial charge in [0.1, 0.15) is 0 Å². The summed E-state index contributed by atoms with van der Waals surface area (Å²) in [6, 6.07) is 0. The van der Waals surface area contributed by atoms with Gasteiger partial charge in [0.15, 0.2) is 5.15 Å². The third kappa shape index (κ3) is 3.03. The number of aromatic nitrogens is 2. The molecule has 2 rings (SSSR count). The minimum absolute atomic E-state index is 0.108. The topological polar surface area (TPSA) is 53.4 Å². The molecule has 6 heteroatoms. The summed E-state index contributed by atoms with van der Waals surface area (Å²) in [6.45, 7) is 1.47. The van der Waals surface area contributed by atoms with Gasteiger partial charge in [-0.1, -0.05) is 11.6 Å². The van der Waals surface area contributed by atoms with Crippen molar-refractivity contribution < 1.29 is 9.47 Å². The van der Waals surface area contributed by atoms with E-state index in [4.69, 9.17) is 21.1 Å². The highest BCUT2D eigenvalue weighted by molar-refractivity contribution is 6.30. The van der Waals surface area contributed by atoms with E-state index in [9.17, 15) is 4.79 Å². The van der Waals surface area contributed by atoms with Gasteiger partial charge in [-0.25, -0.2) is 4.98 Å². The molecule has 1 unspecified atom stereocenters. The Balaban J connectivity index is 1.94. The second-order valence-corrected chi connectivity index (χ2v) is 4.70. The molecule has 0 amide bonds. The van der Waals surface area contributed by atoms with E-state index < -0.39 is 0 Å². The summed E-state index contributed by atoms with van der Waals surface area (Å²) in [6.07, 6.45) is 5.93. The first-order valence-electron chi connectivity index (χ1n) is 6.13. The Morgan fingerprint density at radius 1 is 1.67 bits per heavy atom. The van der Waals surface area contributed by atoms with Crippen molar-refractivity contribution >= 4 is 11.6 Å². The summed E-state index contributed by atoms with van der Waals surface area (Å²) in [7, 11) is 1.42. The molecule has 1 aliphatic heterocycles. The van der Waals surface area contributed by atoms with Crippen LogP contribution < -0.4 is 10.3 Å². The molecular formula is C12H17ClN2O3. The molecule has 0 saturated carbocycles. The van der Waals surface area contributed by atoms with Gasteiger partial charge in [-0.2, -0.15) is 0 Å². The first-order chi connectivity index (χ1) is 8.72. The van der Waals surface area contributed by atoms with E-state index in [0.29, 0.717) is 12.6 Å². The largest absolute Gasteiger partial charge is 0.489 e. The predicted octanol–water partition coefficient (Wildman–Crippen LogP) is 1.86. The van der Waals surface area contributed by atoms with Gasteiger partial charge in [-0.05, 0) is 25.7 Å². The number of methoxy groups -OCH3 is 1. The maximum Gasteiger partial charge on any atom is 0.297 e. The number of halogens is 1. The van der Waals surface area contributed by atoms with E-state index in [1.54, 1.807) is 0 Å². The molecule has 100 valence electrons. The molecule has 18 heavy (non-hydrogen) atoms. The van der Waals surface area contributed by atoms with Crippen LogP contribution in [0.2, 0.25) is 5.15 Å². The Morgan fingerprint density at radius 2 is 2.50 bits per heavy atom. The molecule has 0 aliphatic carbocycles. The van der Waals surface area contributed by atoms with E-state index in [0.717, 1.165) is 32.3 Å². The predicted molar refractivity (Wildman–Crippen MR) is 68.3 cm³/mol. The van der Waals surface area contributed by atoms with E-state index in [1.807, 2.05) is 0 Å². The van der Waals surface area contributed by atoms with Crippen molar-refractivity contribution in [3.8, 4) is 5.75 Å². The Bertz CT molecular complexity index is 455. The lowest BCUT2D eigenvalue weighted by atomic mass is 10.1. The summed E-state index contributed by atoms with van der Waals surface area (Å²) in [5, 5.41) is 0.109. The highest BCUT2D eigenvalue weighted by Crippen LogP contribution is 2.18. The Labute approximate surface area is 111 Å². The number of ether oxygens (including phenoxy) is 2. The summed E-state index contributed by atoms with van der Waals surface area (Å²) >= 11 is 5.77. The molecule has 2 heterocycles. The second-order valence-electron chi connectivity index (χ2n) is 4.34. The molecule has 5 nitrogen and oxygen atoms in total. The molecule has 0 spiro atoms. The minimum Gasteiger partial charge on any atom is -0.489 e. The van der Waals surface area contributed by atoms with Gasteiger partial charge in [-0.3, -0.25) is 9.36 Å². The third-order valence-corrected chi connectivity index (χ3v) is 3.38. The molecule has 0 aromatic carbocycles. The van der Waals surface area contributed by atoms with Crippen molar-refractivity contribution in [2.75, 3.05) is 13.7 Å². The quantitative estimate of drug-likeness (QED) is 0.768. The van der Waals surface area contributed by atoms with Crippen molar-refractivity contribution in [2.45, 2.75) is 38.3 Å². The summed E-state index contributed by atoms with van der Waals surface area (Å²) < 4.78 is 12.0. The molecule has 1 saturated heterocycles. The normalized spacial score (nSPS) is 19.1. The minimum atomic E-state index is -0.232. The molecule has 1 atom stereocenters. The smallest absolute Gasteiger partial charge is 0.297 e. The average Bonchev–Trinajstić information content (AvgIpc) is 2.86. The van der Waals surface area contributed by atoms with Crippen LogP contribution in [0.1, 0.15) is 25.7 Å². The Hall–Kier alpha value is -1.07. The van der Waals surface area contributed by atoms with Crippen LogP contribution in [-0.4, -0.2) is 29.4 Å². The molecule has 1 aliphatic rings. The van der Waals surface area contributed by atoms with Gasteiger partial charge in [0.25, 0.3) is 5.56 Å². The Kier molecular flexibility index (Phi) is 4.60. The summed E-state index contributed by atoms with van der Waals surface area (Å²) in [5.74, 6) is 0.108. The maximum absolute atomic E-state index is 11.9. The van der Waals surface area contributed by atoms with Crippen LogP contribution in [0.3, 0.4) is 0 Å². The van der Waals surface area contributed by atoms with Gasteiger partial charge in [-0.15, -0.1) is 0 Å². The highest BCUT2D eigenvalue weighted by atomic mass is 35.5. The number of hydrogen-bond donors (Lipinski definition) is 0. The lowest BCUT2D eigenvalue weighted by Crippen LogP contribution is -2.22. The van der Waals surface area contributed by atoms with Gasteiger partial charge in [0.2, 0.25) is 5.75 Å². The number of rotatable bonds is 5. The number of nitrogens with zero attached hydrogens (tertiary/aromatic N) is 2. The molecule has 0 radical (unpaired) electrons. The monoisotopic (exact) mass is 272 g/mol. The maximum atomic E-state index is 11.9. The fourth-order valence-corrected chi connectivity index (χ4v) is 2.34. The third-order valence-electron chi connectivity index (χ3n) is 3.11. The van der Waals surface area contributed by atoms with Crippen LogP contribution in [0.4, 0.5) is 0 Å². The lowest BCUT2D eigenvalue weighted by Gasteiger charge is -2.10.